The van der Waals surface area contributed by atoms with E-state index < -0.39 is 11.2 Å². The van der Waals surface area contributed by atoms with E-state index in [0.29, 0.717) is 12.3 Å². The van der Waals surface area contributed by atoms with E-state index in [1.54, 1.807) is 6.92 Å². The molecule has 0 saturated carbocycles. The Morgan fingerprint density at radius 1 is 1.25 bits per heavy atom. The molecule has 0 spiro atoms. The molecular weight excluding hydrogens is 274 g/mol. The second kappa shape index (κ2) is 7.94. The molecule has 5 heteroatoms. The van der Waals surface area contributed by atoms with Crippen molar-refractivity contribution in [3.05, 3.63) is 29.8 Å². The number of hydrogen-bond donors (Lipinski definition) is 2. The van der Waals surface area contributed by atoms with Crippen LogP contribution in [0.25, 0.3) is 0 Å². The summed E-state index contributed by atoms with van der Waals surface area (Å²) in [4.78, 5) is 22.6. The Hall–Kier alpha value is -1.49. The number of carboxylic acids is 1. The number of carboxylic acid groups (broad SMARTS) is 1. The molecular formula is C15H21NO3S. The van der Waals surface area contributed by atoms with Crippen molar-refractivity contribution in [1.29, 1.82) is 0 Å². The van der Waals surface area contributed by atoms with Gasteiger partial charge >= 0.3 is 5.97 Å². The second-order valence-corrected chi connectivity index (χ2v) is 6.06. The van der Waals surface area contributed by atoms with Gasteiger partial charge in [0.1, 0.15) is 5.25 Å². The fourth-order valence-electron chi connectivity index (χ4n) is 1.69. The van der Waals surface area contributed by atoms with Crippen LogP contribution in [0.3, 0.4) is 0 Å². The van der Waals surface area contributed by atoms with E-state index in [1.165, 1.54) is 5.56 Å². The number of carbonyl (C=O) groups is 2. The SMILES string of the molecule is CCC(SCC(=O)Nc1ccc(C(C)C)cc1)C(=O)O. The van der Waals surface area contributed by atoms with Crippen molar-refractivity contribution in [1.82, 2.24) is 0 Å². The molecule has 1 amide bonds. The van der Waals surface area contributed by atoms with Crippen molar-refractivity contribution >= 4 is 29.3 Å². The van der Waals surface area contributed by atoms with Gasteiger partial charge in [0.15, 0.2) is 0 Å². The van der Waals surface area contributed by atoms with Crippen LogP contribution >= 0.6 is 11.8 Å². The summed E-state index contributed by atoms with van der Waals surface area (Å²) in [7, 11) is 0. The molecule has 4 nitrogen and oxygen atoms in total. The van der Waals surface area contributed by atoms with Gasteiger partial charge in [-0.2, -0.15) is 0 Å². The largest absolute Gasteiger partial charge is 0.480 e. The molecule has 1 aromatic carbocycles. The number of carbonyl (C=O) groups excluding carboxylic acids is 1. The monoisotopic (exact) mass is 295 g/mol. The smallest absolute Gasteiger partial charge is 0.316 e. The maximum absolute atomic E-state index is 11.7. The van der Waals surface area contributed by atoms with Crippen molar-refractivity contribution in [2.75, 3.05) is 11.1 Å². The van der Waals surface area contributed by atoms with Crippen LogP contribution in [0.2, 0.25) is 0 Å². The predicted molar refractivity (Wildman–Crippen MR) is 83.3 cm³/mol. The topological polar surface area (TPSA) is 66.4 Å². The van der Waals surface area contributed by atoms with Gasteiger partial charge in [0.2, 0.25) is 5.91 Å². The summed E-state index contributed by atoms with van der Waals surface area (Å²) in [5, 5.41) is 11.2. The minimum absolute atomic E-state index is 0.150. The average Bonchev–Trinajstić information content (AvgIpc) is 2.39. The normalized spacial score (nSPS) is 12.2. The maximum atomic E-state index is 11.7. The fraction of sp³-hybridized carbons (Fsp3) is 0.467. The molecule has 0 saturated heterocycles. The van der Waals surface area contributed by atoms with E-state index >= 15 is 0 Å². The van der Waals surface area contributed by atoms with Gasteiger partial charge in [-0.05, 0) is 30.0 Å². The van der Waals surface area contributed by atoms with Gasteiger partial charge in [0, 0.05) is 5.69 Å². The highest BCUT2D eigenvalue weighted by Crippen LogP contribution is 2.18. The van der Waals surface area contributed by atoms with Crippen LogP contribution < -0.4 is 5.32 Å². The third-order valence-corrected chi connectivity index (χ3v) is 4.29. The number of nitrogens with one attached hydrogen (secondary N) is 1. The Kier molecular flexibility index (Phi) is 6.58. The number of rotatable bonds is 7. The van der Waals surface area contributed by atoms with Crippen LogP contribution in [0.5, 0.6) is 0 Å². The zero-order valence-corrected chi connectivity index (χ0v) is 12.9. The van der Waals surface area contributed by atoms with Crippen molar-refractivity contribution in [3.63, 3.8) is 0 Å². The third kappa shape index (κ3) is 5.25. The summed E-state index contributed by atoms with van der Waals surface area (Å²) < 4.78 is 0. The van der Waals surface area contributed by atoms with E-state index in [2.05, 4.69) is 19.2 Å². The molecule has 110 valence electrons. The summed E-state index contributed by atoms with van der Waals surface area (Å²) in [6.45, 7) is 6.02. The molecule has 0 fully saturated rings. The van der Waals surface area contributed by atoms with Gasteiger partial charge in [-0.25, -0.2) is 0 Å². The second-order valence-electron chi connectivity index (χ2n) is 4.87. The van der Waals surface area contributed by atoms with Crippen LogP contribution in [-0.2, 0) is 9.59 Å². The zero-order chi connectivity index (χ0) is 15.1. The van der Waals surface area contributed by atoms with Gasteiger partial charge in [-0.15, -0.1) is 11.8 Å². The summed E-state index contributed by atoms with van der Waals surface area (Å²) in [6, 6.07) is 7.71. The number of thioether (sulfide) groups is 1. The van der Waals surface area contributed by atoms with Gasteiger partial charge in [-0.1, -0.05) is 32.9 Å². The molecule has 2 N–H and O–H groups in total. The summed E-state index contributed by atoms with van der Waals surface area (Å²) in [6.07, 6.45) is 0.510. The van der Waals surface area contributed by atoms with Crippen molar-refractivity contribution < 1.29 is 14.7 Å². The highest BCUT2D eigenvalue weighted by Gasteiger charge is 2.17. The van der Waals surface area contributed by atoms with Crippen LogP contribution in [-0.4, -0.2) is 28.0 Å². The fourth-order valence-corrected chi connectivity index (χ4v) is 2.49. The lowest BCUT2D eigenvalue weighted by molar-refractivity contribution is -0.136. The first-order chi connectivity index (χ1) is 9.43. The van der Waals surface area contributed by atoms with E-state index in [0.717, 1.165) is 17.4 Å². The first-order valence-electron chi connectivity index (χ1n) is 6.68. The Morgan fingerprint density at radius 3 is 2.30 bits per heavy atom. The minimum Gasteiger partial charge on any atom is -0.480 e. The molecule has 1 rings (SSSR count). The van der Waals surface area contributed by atoms with Gasteiger partial charge in [0.05, 0.1) is 5.75 Å². The van der Waals surface area contributed by atoms with E-state index in [-0.39, 0.29) is 11.7 Å². The molecule has 0 aliphatic carbocycles. The average molecular weight is 295 g/mol. The Balaban J connectivity index is 2.48. The number of amides is 1. The lowest BCUT2D eigenvalue weighted by Crippen LogP contribution is -2.20. The first-order valence-corrected chi connectivity index (χ1v) is 7.73. The quantitative estimate of drug-likeness (QED) is 0.809. The predicted octanol–water partition coefficient (Wildman–Crippen LogP) is 3.34. The van der Waals surface area contributed by atoms with Crippen LogP contribution in [0, 0.1) is 0 Å². The molecule has 0 heterocycles. The number of anilines is 1. The number of aliphatic carboxylic acids is 1. The molecule has 0 bridgehead atoms. The molecule has 0 radical (unpaired) electrons. The Morgan fingerprint density at radius 2 is 1.85 bits per heavy atom. The highest BCUT2D eigenvalue weighted by atomic mass is 32.2. The molecule has 0 aliphatic heterocycles. The molecule has 1 atom stereocenters. The van der Waals surface area contributed by atoms with Crippen LogP contribution in [0.15, 0.2) is 24.3 Å². The Bertz CT molecular complexity index is 457. The van der Waals surface area contributed by atoms with E-state index in [1.807, 2.05) is 24.3 Å². The van der Waals surface area contributed by atoms with E-state index in [9.17, 15) is 9.59 Å². The number of hydrogen-bond acceptors (Lipinski definition) is 3. The van der Waals surface area contributed by atoms with Gasteiger partial charge in [-0.3, -0.25) is 9.59 Å². The lowest BCUT2D eigenvalue weighted by atomic mass is 10.0. The molecule has 0 aliphatic rings. The third-order valence-electron chi connectivity index (χ3n) is 2.92. The molecule has 1 aromatic rings. The lowest BCUT2D eigenvalue weighted by Gasteiger charge is -2.10. The van der Waals surface area contributed by atoms with Crippen LogP contribution in [0.4, 0.5) is 5.69 Å². The Labute approximate surface area is 124 Å². The summed E-state index contributed by atoms with van der Waals surface area (Å²) in [5.74, 6) is -0.439. The van der Waals surface area contributed by atoms with Crippen molar-refractivity contribution in [3.8, 4) is 0 Å². The number of benzene rings is 1. The van der Waals surface area contributed by atoms with E-state index in [4.69, 9.17) is 5.11 Å². The van der Waals surface area contributed by atoms with Crippen LogP contribution in [0.1, 0.15) is 38.7 Å². The first kappa shape index (κ1) is 16.6. The standard InChI is InChI=1S/C15H21NO3S/c1-4-13(15(18)19)20-9-14(17)16-12-7-5-11(6-8-12)10(2)3/h5-8,10,13H,4,9H2,1-3H3,(H,16,17)(H,18,19). The minimum atomic E-state index is -0.869. The maximum Gasteiger partial charge on any atom is 0.316 e. The van der Waals surface area contributed by atoms with Crippen molar-refractivity contribution in [2.45, 2.75) is 38.4 Å². The molecule has 1 unspecified atom stereocenters. The summed E-state index contributed by atoms with van der Waals surface area (Å²) in [5.41, 5.74) is 1.96. The molecule has 20 heavy (non-hydrogen) atoms. The van der Waals surface area contributed by atoms with Crippen molar-refractivity contribution in [2.24, 2.45) is 0 Å². The van der Waals surface area contributed by atoms with Gasteiger partial charge in [0.25, 0.3) is 0 Å². The summed E-state index contributed by atoms with van der Waals surface area (Å²) >= 11 is 1.15. The highest BCUT2D eigenvalue weighted by molar-refractivity contribution is 8.01. The molecule has 0 aromatic heterocycles. The zero-order valence-electron chi connectivity index (χ0n) is 12.1. The van der Waals surface area contributed by atoms with Gasteiger partial charge < -0.3 is 10.4 Å².